The van der Waals surface area contributed by atoms with Crippen molar-refractivity contribution in [2.45, 2.75) is 32.4 Å². The molecule has 0 radical (unpaired) electrons. The summed E-state index contributed by atoms with van der Waals surface area (Å²) < 4.78 is 0. The zero-order chi connectivity index (χ0) is 15.3. The van der Waals surface area contributed by atoms with Gasteiger partial charge in [0.15, 0.2) is 0 Å². The third-order valence-corrected chi connectivity index (χ3v) is 3.31. The summed E-state index contributed by atoms with van der Waals surface area (Å²) in [5, 5.41) is 11.1. The van der Waals surface area contributed by atoms with Crippen molar-refractivity contribution in [3.63, 3.8) is 0 Å². The summed E-state index contributed by atoms with van der Waals surface area (Å²) >= 11 is 6.00. The lowest BCUT2D eigenvalue weighted by Crippen LogP contribution is -2.41. The molecule has 8 heteroatoms. The number of carbonyl (C=O) groups excluding carboxylic acids is 1. The van der Waals surface area contributed by atoms with Gasteiger partial charge in [-0.2, -0.15) is 0 Å². The van der Waals surface area contributed by atoms with E-state index in [2.05, 4.69) is 0 Å². The number of carbonyl (C=O) groups is 1. The first-order valence-corrected chi connectivity index (χ1v) is 6.68. The Bertz CT molecular complexity index is 511. The van der Waals surface area contributed by atoms with Crippen molar-refractivity contribution in [1.82, 2.24) is 4.90 Å². The van der Waals surface area contributed by atoms with Gasteiger partial charge in [-0.05, 0) is 18.1 Å². The van der Waals surface area contributed by atoms with Crippen LogP contribution in [0.2, 0.25) is 5.02 Å². The van der Waals surface area contributed by atoms with Crippen LogP contribution in [0.25, 0.3) is 0 Å². The molecule has 0 aliphatic carbocycles. The van der Waals surface area contributed by atoms with Gasteiger partial charge in [0.1, 0.15) is 0 Å². The van der Waals surface area contributed by atoms with Crippen LogP contribution >= 0.6 is 24.0 Å². The Labute approximate surface area is 134 Å². The van der Waals surface area contributed by atoms with Crippen LogP contribution in [-0.4, -0.2) is 28.8 Å². The van der Waals surface area contributed by atoms with E-state index in [0.717, 1.165) is 6.42 Å². The number of nitrogens with zero attached hydrogens (tertiary/aromatic N) is 2. The quantitative estimate of drug-likeness (QED) is 0.639. The zero-order valence-electron chi connectivity index (χ0n) is 11.9. The van der Waals surface area contributed by atoms with Gasteiger partial charge in [0.25, 0.3) is 5.69 Å². The maximum atomic E-state index is 12.0. The van der Waals surface area contributed by atoms with Crippen molar-refractivity contribution in [2.24, 2.45) is 5.73 Å². The summed E-state index contributed by atoms with van der Waals surface area (Å²) in [6, 6.07) is 3.61. The van der Waals surface area contributed by atoms with Gasteiger partial charge in [-0.1, -0.05) is 24.9 Å². The topological polar surface area (TPSA) is 89.5 Å². The van der Waals surface area contributed by atoms with Gasteiger partial charge in [-0.25, -0.2) is 0 Å². The molecule has 1 amide bonds. The third-order valence-electron chi connectivity index (χ3n) is 2.94. The van der Waals surface area contributed by atoms with Gasteiger partial charge in [0, 0.05) is 30.7 Å². The Hall–Kier alpha value is -1.37. The molecule has 0 fully saturated rings. The Balaban J connectivity index is 0.00000400. The van der Waals surface area contributed by atoms with Crippen molar-refractivity contribution >= 4 is 35.6 Å². The van der Waals surface area contributed by atoms with Crippen LogP contribution in [0.15, 0.2) is 18.2 Å². The molecule has 1 unspecified atom stereocenters. The van der Waals surface area contributed by atoms with Crippen molar-refractivity contribution in [1.29, 1.82) is 0 Å². The second-order valence-corrected chi connectivity index (χ2v) is 5.03. The number of hydrogen-bond acceptors (Lipinski definition) is 4. The maximum absolute atomic E-state index is 12.0. The van der Waals surface area contributed by atoms with Gasteiger partial charge < -0.3 is 10.6 Å². The first-order valence-electron chi connectivity index (χ1n) is 6.30. The first-order chi connectivity index (χ1) is 9.36. The van der Waals surface area contributed by atoms with Crippen molar-refractivity contribution in [3.8, 4) is 0 Å². The number of nitrogens with two attached hydrogens (primary N) is 1. The van der Waals surface area contributed by atoms with E-state index < -0.39 is 11.0 Å². The van der Waals surface area contributed by atoms with Crippen LogP contribution in [0.3, 0.4) is 0 Å². The SMILES string of the molecule is CCCC(N)C(=O)N(C)Cc1cc([N+](=O)[O-])ccc1Cl.Cl. The van der Waals surface area contributed by atoms with E-state index in [-0.39, 0.29) is 30.5 Å². The Morgan fingerprint density at radius 1 is 1.52 bits per heavy atom. The molecule has 6 nitrogen and oxygen atoms in total. The van der Waals surface area contributed by atoms with Crippen LogP contribution in [0, 0.1) is 10.1 Å². The number of rotatable bonds is 6. The summed E-state index contributed by atoms with van der Waals surface area (Å²) in [4.78, 5) is 23.7. The molecule has 1 aromatic rings. The van der Waals surface area contributed by atoms with Crippen molar-refractivity contribution < 1.29 is 9.72 Å². The fraction of sp³-hybridized carbons (Fsp3) is 0.462. The van der Waals surface area contributed by atoms with Gasteiger partial charge in [0.2, 0.25) is 5.91 Å². The minimum absolute atomic E-state index is 0. The molecule has 0 aromatic heterocycles. The van der Waals surface area contributed by atoms with Crippen LogP contribution in [-0.2, 0) is 11.3 Å². The smallest absolute Gasteiger partial charge is 0.269 e. The molecule has 0 aliphatic heterocycles. The average Bonchev–Trinajstić information content (AvgIpc) is 2.40. The van der Waals surface area contributed by atoms with Crippen LogP contribution in [0.5, 0.6) is 0 Å². The molecule has 0 aliphatic rings. The Morgan fingerprint density at radius 3 is 2.67 bits per heavy atom. The highest BCUT2D eigenvalue weighted by Crippen LogP contribution is 2.23. The molecule has 21 heavy (non-hydrogen) atoms. The van der Waals surface area contributed by atoms with Crippen LogP contribution in [0.4, 0.5) is 5.69 Å². The molecule has 0 spiro atoms. The molecule has 1 rings (SSSR count). The minimum Gasteiger partial charge on any atom is -0.340 e. The van der Waals surface area contributed by atoms with E-state index in [1.54, 1.807) is 7.05 Å². The highest BCUT2D eigenvalue weighted by Gasteiger charge is 2.19. The number of halogens is 2. The lowest BCUT2D eigenvalue weighted by atomic mass is 10.1. The van der Waals surface area contributed by atoms with E-state index in [0.29, 0.717) is 17.0 Å². The number of hydrogen-bond donors (Lipinski definition) is 1. The molecule has 2 N–H and O–H groups in total. The molecule has 0 saturated heterocycles. The number of nitro benzene ring substituents is 1. The summed E-state index contributed by atoms with van der Waals surface area (Å²) in [6.07, 6.45) is 1.42. The molecule has 0 saturated carbocycles. The Kier molecular flexibility index (Phi) is 8.24. The fourth-order valence-electron chi connectivity index (χ4n) is 1.85. The van der Waals surface area contributed by atoms with E-state index in [1.165, 1.54) is 23.1 Å². The monoisotopic (exact) mass is 335 g/mol. The number of nitro groups is 1. The maximum Gasteiger partial charge on any atom is 0.269 e. The lowest BCUT2D eigenvalue weighted by molar-refractivity contribution is -0.384. The van der Waals surface area contributed by atoms with Crippen LogP contribution in [0.1, 0.15) is 25.3 Å². The molecule has 0 heterocycles. The average molecular weight is 336 g/mol. The van der Waals surface area contributed by atoms with E-state index in [9.17, 15) is 14.9 Å². The van der Waals surface area contributed by atoms with Crippen molar-refractivity contribution in [2.75, 3.05) is 7.05 Å². The van der Waals surface area contributed by atoms with Gasteiger partial charge in [-0.15, -0.1) is 12.4 Å². The molecule has 1 aromatic carbocycles. The lowest BCUT2D eigenvalue weighted by Gasteiger charge is -2.21. The molecule has 0 bridgehead atoms. The normalized spacial score (nSPS) is 11.4. The largest absolute Gasteiger partial charge is 0.340 e. The molecule has 1 atom stereocenters. The zero-order valence-corrected chi connectivity index (χ0v) is 13.5. The predicted octanol–water partition coefficient (Wildman–Crippen LogP) is 2.76. The molecular formula is C13H19Cl2N3O3. The summed E-state index contributed by atoms with van der Waals surface area (Å²) in [6.45, 7) is 2.14. The highest BCUT2D eigenvalue weighted by atomic mass is 35.5. The van der Waals surface area contributed by atoms with Gasteiger partial charge in [-0.3, -0.25) is 14.9 Å². The summed E-state index contributed by atoms with van der Waals surface area (Å²) in [5.74, 6) is -0.200. The number of non-ortho nitro benzene ring substituents is 1. The number of benzene rings is 1. The second-order valence-electron chi connectivity index (χ2n) is 4.62. The fourth-order valence-corrected chi connectivity index (χ4v) is 2.02. The standard InChI is InChI=1S/C13H18ClN3O3.ClH/c1-3-4-12(15)13(18)16(2)8-9-7-10(17(19)20)5-6-11(9)14;/h5-7,12H,3-4,8,15H2,1-2H3;1H. The molecule has 118 valence electrons. The summed E-state index contributed by atoms with van der Waals surface area (Å²) in [5.41, 5.74) is 6.24. The van der Waals surface area contributed by atoms with Crippen LogP contribution < -0.4 is 5.73 Å². The summed E-state index contributed by atoms with van der Waals surface area (Å²) in [7, 11) is 1.60. The Morgan fingerprint density at radius 2 is 2.14 bits per heavy atom. The van der Waals surface area contributed by atoms with E-state index in [1.807, 2.05) is 6.92 Å². The number of likely N-dealkylation sites (N-methyl/N-ethyl adjacent to an activating group) is 1. The minimum atomic E-state index is -0.553. The predicted molar refractivity (Wildman–Crippen MR) is 84.7 cm³/mol. The van der Waals surface area contributed by atoms with Gasteiger partial charge in [0.05, 0.1) is 11.0 Å². The molecular weight excluding hydrogens is 317 g/mol. The van der Waals surface area contributed by atoms with Crippen molar-refractivity contribution in [3.05, 3.63) is 38.9 Å². The highest BCUT2D eigenvalue weighted by molar-refractivity contribution is 6.31. The first kappa shape index (κ1) is 19.6. The second kappa shape index (κ2) is 8.81. The number of amides is 1. The third kappa shape index (κ3) is 5.49. The van der Waals surface area contributed by atoms with E-state index in [4.69, 9.17) is 17.3 Å². The van der Waals surface area contributed by atoms with E-state index >= 15 is 0 Å². The van der Waals surface area contributed by atoms with Gasteiger partial charge >= 0.3 is 0 Å².